The van der Waals surface area contributed by atoms with Gasteiger partial charge >= 0.3 is 0 Å². The summed E-state index contributed by atoms with van der Waals surface area (Å²) in [4.78, 5) is 30.0. The average Bonchev–Trinajstić information content (AvgIpc) is 2.73. The first-order valence-corrected chi connectivity index (χ1v) is 9.05. The minimum Gasteiger partial charge on any atom is -0.382 e. The number of nitrogens with two attached hydrogens (primary N) is 1. The van der Waals surface area contributed by atoms with Crippen LogP contribution < -0.4 is 22.3 Å². The number of thiocarbonyl (C=S) groups is 1. The molecule has 1 aromatic heterocycles. The van der Waals surface area contributed by atoms with Crippen molar-refractivity contribution in [2.75, 3.05) is 0 Å². The normalized spacial score (nSPS) is 12.4. The summed E-state index contributed by atoms with van der Waals surface area (Å²) < 4.78 is 0. The van der Waals surface area contributed by atoms with Gasteiger partial charge in [-0.15, -0.1) is 0 Å². The topological polar surface area (TPSA) is 172 Å². The number of hydrogen-bond acceptors (Lipinski definition) is 8. The molecule has 3 aromatic rings. The minimum absolute atomic E-state index is 0.0947. The van der Waals surface area contributed by atoms with Gasteiger partial charge in [-0.25, -0.2) is 10.8 Å². The number of aliphatic hydroxyl groups excluding tert-OH is 1. The van der Waals surface area contributed by atoms with Crippen molar-refractivity contribution in [1.82, 2.24) is 20.8 Å². The van der Waals surface area contributed by atoms with E-state index in [4.69, 9.17) is 29.7 Å². The molecule has 2 aromatic carbocycles. The van der Waals surface area contributed by atoms with Crippen molar-refractivity contribution in [2.24, 2.45) is 10.9 Å². The van der Waals surface area contributed by atoms with Crippen LogP contribution in [0.5, 0.6) is 0 Å². The van der Waals surface area contributed by atoms with Crippen molar-refractivity contribution >= 4 is 51.4 Å². The van der Waals surface area contributed by atoms with E-state index in [1.165, 1.54) is 24.3 Å². The Morgan fingerprint density at radius 1 is 1.37 bits per heavy atom. The number of nitro benzene ring substituents is 1. The lowest BCUT2D eigenvalue weighted by atomic mass is 10.0. The first kappa shape index (κ1) is 21.3. The first-order valence-electron chi connectivity index (χ1n) is 8.26. The second kappa shape index (κ2) is 8.92. The molecule has 0 spiro atoms. The Kier molecular flexibility index (Phi) is 6.32. The Labute approximate surface area is 178 Å². The summed E-state index contributed by atoms with van der Waals surface area (Å²) in [5.41, 5.74) is 4.04. The van der Waals surface area contributed by atoms with E-state index in [-0.39, 0.29) is 27.8 Å². The summed E-state index contributed by atoms with van der Waals surface area (Å²) >= 11 is 10.8. The number of aliphatic hydroxyl groups is 1. The molecule has 6 N–H and O–H groups in total. The number of hydrazone groups is 1. The highest BCUT2D eigenvalue weighted by Gasteiger charge is 2.24. The quantitative estimate of drug-likeness (QED) is 0.127. The molecule has 0 amide bonds. The van der Waals surface area contributed by atoms with Crippen molar-refractivity contribution in [3.8, 4) is 0 Å². The van der Waals surface area contributed by atoms with Gasteiger partial charge in [-0.1, -0.05) is 23.7 Å². The van der Waals surface area contributed by atoms with E-state index >= 15 is 0 Å². The van der Waals surface area contributed by atoms with Crippen LogP contribution in [0.1, 0.15) is 17.4 Å². The number of nitro groups is 1. The lowest BCUT2D eigenvalue weighted by Crippen LogP contribution is -2.38. The van der Waals surface area contributed by atoms with Crippen molar-refractivity contribution in [3.63, 3.8) is 0 Å². The summed E-state index contributed by atoms with van der Waals surface area (Å²) in [5, 5.41) is 26.2. The number of rotatable bonds is 5. The van der Waals surface area contributed by atoms with Gasteiger partial charge in [-0.3, -0.25) is 25.8 Å². The number of fused-ring (bicyclic) bond motifs is 1. The molecule has 0 aliphatic rings. The van der Waals surface area contributed by atoms with Gasteiger partial charge in [0, 0.05) is 17.2 Å². The van der Waals surface area contributed by atoms with Crippen LogP contribution >= 0.6 is 23.8 Å². The fourth-order valence-corrected chi connectivity index (χ4v) is 2.80. The Morgan fingerprint density at radius 3 is 2.83 bits per heavy atom. The van der Waals surface area contributed by atoms with Gasteiger partial charge in [0.2, 0.25) is 5.11 Å². The Bertz CT molecular complexity index is 1230. The summed E-state index contributed by atoms with van der Waals surface area (Å²) in [5.74, 6) is 5.20. The smallest absolute Gasteiger partial charge is 0.276 e. The van der Waals surface area contributed by atoms with E-state index in [9.17, 15) is 20.0 Å². The standard InChI is InChI=1S/C17H14ClN7O4S/c18-9-4-5-11-12(7-9)21-16(27)14(20-11)13(23-24-17(30)22-19)15(26)8-2-1-3-10(6-8)25(28)29/h1-7,15,26H,19H2,(H,21,27)(H2,22,24,30)/b23-13-/t15-/m0/s1. The third-order valence-electron chi connectivity index (χ3n) is 3.96. The second-order valence-electron chi connectivity index (χ2n) is 5.91. The molecule has 13 heteroatoms. The van der Waals surface area contributed by atoms with Gasteiger partial charge < -0.3 is 10.1 Å². The summed E-state index contributed by atoms with van der Waals surface area (Å²) in [7, 11) is 0. The van der Waals surface area contributed by atoms with Crippen LogP contribution in [0.15, 0.2) is 52.4 Å². The van der Waals surface area contributed by atoms with Crippen LogP contribution in [0.4, 0.5) is 5.69 Å². The van der Waals surface area contributed by atoms with Gasteiger partial charge in [-0.05, 0) is 36.0 Å². The number of hydrogen-bond donors (Lipinski definition) is 5. The number of halogens is 1. The average molecular weight is 448 g/mol. The molecule has 1 heterocycles. The van der Waals surface area contributed by atoms with Gasteiger partial charge in [0.25, 0.3) is 11.2 Å². The Morgan fingerprint density at radius 2 is 2.13 bits per heavy atom. The number of aromatic nitrogens is 2. The molecule has 1 atom stereocenters. The van der Waals surface area contributed by atoms with Gasteiger partial charge in [0.05, 0.1) is 16.0 Å². The minimum atomic E-state index is -1.55. The molecule has 0 aliphatic carbocycles. The lowest BCUT2D eigenvalue weighted by Gasteiger charge is -2.14. The SMILES string of the molecule is NNC(=S)N/N=C(/c1nc2ccc(Cl)cc2[nH]c1=O)[C@@H](O)c1cccc([N+](=O)[O-])c1. The number of H-pyrrole nitrogens is 1. The molecule has 3 rings (SSSR count). The van der Waals surface area contributed by atoms with E-state index in [1.807, 2.05) is 0 Å². The number of aromatic amines is 1. The number of non-ortho nitro benzene ring substituents is 1. The van der Waals surface area contributed by atoms with E-state index < -0.39 is 16.6 Å². The van der Waals surface area contributed by atoms with Gasteiger partial charge in [-0.2, -0.15) is 5.10 Å². The molecule has 30 heavy (non-hydrogen) atoms. The largest absolute Gasteiger partial charge is 0.382 e. The third kappa shape index (κ3) is 4.58. The number of hydrazine groups is 1. The summed E-state index contributed by atoms with van der Waals surface area (Å²) in [6, 6.07) is 9.95. The van der Waals surface area contributed by atoms with Crippen molar-refractivity contribution in [3.05, 3.63) is 79.2 Å². The van der Waals surface area contributed by atoms with Crippen LogP contribution in [0.3, 0.4) is 0 Å². The number of nitrogens with one attached hydrogen (secondary N) is 3. The van der Waals surface area contributed by atoms with Crippen LogP contribution in [0, 0.1) is 10.1 Å². The van der Waals surface area contributed by atoms with Crippen LogP contribution in [0.2, 0.25) is 5.02 Å². The Balaban J connectivity index is 2.15. The van der Waals surface area contributed by atoms with E-state index in [2.05, 4.69) is 25.9 Å². The van der Waals surface area contributed by atoms with E-state index in [1.54, 1.807) is 12.1 Å². The summed E-state index contributed by atoms with van der Waals surface area (Å²) in [6.07, 6.45) is -1.55. The predicted molar refractivity (Wildman–Crippen MR) is 115 cm³/mol. The number of benzene rings is 2. The molecule has 0 fully saturated rings. The van der Waals surface area contributed by atoms with Crippen molar-refractivity contribution in [2.45, 2.75) is 6.10 Å². The molecular formula is C17H14ClN7O4S. The van der Waals surface area contributed by atoms with Crippen LogP contribution in [-0.2, 0) is 0 Å². The van der Waals surface area contributed by atoms with Crippen LogP contribution in [-0.4, -0.2) is 30.8 Å². The fourth-order valence-electron chi connectivity index (χ4n) is 2.59. The molecular weight excluding hydrogens is 434 g/mol. The molecule has 0 saturated heterocycles. The monoisotopic (exact) mass is 447 g/mol. The molecule has 0 saturated carbocycles. The zero-order valence-corrected chi connectivity index (χ0v) is 16.6. The van der Waals surface area contributed by atoms with Gasteiger partial charge in [0.1, 0.15) is 11.8 Å². The highest BCUT2D eigenvalue weighted by atomic mass is 35.5. The number of nitrogens with zero attached hydrogens (tertiary/aromatic N) is 3. The van der Waals surface area contributed by atoms with E-state index in [0.29, 0.717) is 16.1 Å². The molecule has 154 valence electrons. The molecule has 0 radical (unpaired) electrons. The predicted octanol–water partition coefficient (Wildman–Crippen LogP) is 1.26. The summed E-state index contributed by atoms with van der Waals surface area (Å²) in [6.45, 7) is 0. The maximum Gasteiger partial charge on any atom is 0.276 e. The van der Waals surface area contributed by atoms with Crippen molar-refractivity contribution in [1.29, 1.82) is 0 Å². The third-order valence-corrected chi connectivity index (χ3v) is 4.41. The van der Waals surface area contributed by atoms with E-state index in [0.717, 1.165) is 6.07 Å². The lowest BCUT2D eigenvalue weighted by molar-refractivity contribution is -0.385. The molecule has 0 bridgehead atoms. The maximum absolute atomic E-state index is 12.6. The van der Waals surface area contributed by atoms with Crippen molar-refractivity contribution < 1.29 is 10.0 Å². The fraction of sp³-hybridized carbons (Fsp3) is 0.0588. The zero-order chi connectivity index (χ0) is 21.8. The zero-order valence-electron chi connectivity index (χ0n) is 15.0. The highest BCUT2D eigenvalue weighted by molar-refractivity contribution is 7.80. The molecule has 0 aliphatic heterocycles. The highest BCUT2D eigenvalue weighted by Crippen LogP contribution is 2.23. The first-order chi connectivity index (χ1) is 14.3. The molecule has 0 unspecified atom stereocenters. The molecule has 11 nitrogen and oxygen atoms in total. The Hall–Kier alpha value is -3.45. The van der Waals surface area contributed by atoms with Crippen LogP contribution in [0.25, 0.3) is 11.0 Å². The second-order valence-corrected chi connectivity index (χ2v) is 6.76. The maximum atomic E-state index is 12.6. The van der Waals surface area contributed by atoms with Gasteiger partial charge in [0.15, 0.2) is 5.69 Å².